The molecule has 0 heterocycles. The molecule has 172 valence electrons. The first-order valence-corrected chi connectivity index (χ1v) is 10.2. The van der Waals surface area contributed by atoms with Gasteiger partial charge < -0.3 is 28.4 Å². The molecular weight excluding hydrogens is 440 g/mol. The minimum Gasteiger partial charge on any atom is -0.449 e. The third-order valence-corrected chi connectivity index (χ3v) is 4.67. The van der Waals surface area contributed by atoms with Crippen molar-refractivity contribution in [2.24, 2.45) is 0 Å². The van der Waals surface area contributed by atoms with Crippen molar-refractivity contribution >= 4 is 23.1 Å². The summed E-state index contributed by atoms with van der Waals surface area (Å²) in [5, 5.41) is 0.830. The number of rotatable bonds is 6. The number of benzene rings is 4. The van der Waals surface area contributed by atoms with Gasteiger partial charge in [-0.05, 0) is 24.3 Å². The maximum absolute atomic E-state index is 12.2. The Bertz CT molecular complexity index is 1200. The van der Waals surface area contributed by atoms with Gasteiger partial charge in [-0.2, -0.15) is 0 Å². The van der Waals surface area contributed by atoms with Crippen LogP contribution < -0.4 is 18.9 Å². The third-order valence-electron chi connectivity index (χ3n) is 4.67. The van der Waals surface area contributed by atoms with Crippen LogP contribution in [-0.2, 0) is 9.47 Å². The molecule has 0 radical (unpaired) electrons. The van der Waals surface area contributed by atoms with E-state index in [1.165, 1.54) is 14.2 Å². The molecule has 0 bridgehead atoms. The molecule has 0 N–H and O–H groups in total. The van der Waals surface area contributed by atoms with Crippen LogP contribution in [0.3, 0.4) is 0 Å². The fourth-order valence-corrected chi connectivity index (χ4v) is 3.18. The zero-order valence-electron chi connectivity index (χ0n) is 18.3. The van der Waals surface area contributed by atoms with Crippen LogP contribution in [0.15, 0.2) is 84.9 Å². The normalized spacial score (nSPS) is 10.3. The van der Waals surface area contributed by atoms with Gasteiger partial charge in [0.15, 0.2) is 11.5 Å². The van der Waals surface area contributed by atoms with Gasteiger partial charge in [0, 0.05) is 10.8 Å². The first-order chi connectivity index (χ1) is 16.6. The van der Waals surface area contributed by atoms with E-state index in [2.05, 4.69) is 0 Å². The molecule has 0 atom stereocenters. The molecule has 0 aliphatic heterocycles. The summed E-state index contributed by atoms with van der Waals surface area (Å²) in [5.74, 6) is 0.892. The highest BCUT2D eigenvalue weighted by Crippen LogP contribution is 2.54. The average molecular weight is 460 g/mol. The highest BCUT2D eigenvalue weighted by atomic mass is 16.7. The summed E-state index contributed by atoms with van der Waals surface area (Å²) in [6.07, 6.45) is -1.93. The van der Waals surface area contributed by atoms with Gasteiger partial charge in [0.25, 0.3) is 0 Å². The SMILES string of the molecule is COC(=O)Oc1c(Oc2ccccc2)c(Oc2ccccc2)c(OC(=O)OC)c2ccccc12. The number of carbonyl (C=O) groups is 2. The lowest BCUT2D eigenvalue weighted by Crippen LogP contribution is -2.12. The van der Waals surface area contributed by atoms with E-state index in [0.29, 0.717) is 22.3 Å². The molecule has 4 aromatic rings. The van der Waals surface area contributed by atoms with Gasteiger partial charge in [-0.15, -0.1) is 0 Å². The molecule has 34 heavy (non-hydrogen) atoms. The highest BCUT2D eigenvalue weighted by Gasteiger charge is 2.29. The number of hydrogen-bond acceptors (Lipinski definition) is 8. The summed E-state index contributed by atoms with van der Waals surface area (Å²) in [6.45, 7) is 0. The van der Waals surface area contributed by atoms with Gasteiger partial charge in [-0.25, -0.2) is 9.59 Å². The minimum atomic E-state index is -0.963. The fraction of sp³-hybridized carbons (Fsp3) is 0.0769. The summed E-state index contributed by atoms with van der Waals surface area (Å²) in [7, 11) is 2.39. The van der Waals surface area contributed by atoms with E-state index < -0.39 is 12.3 Å². The Morgan fingerprint density at radius 2 is 0.853 bits per heavy atom. The van der Waals surface area contributed by atoms with Gasteiger partial charge >= 0.3 is 12.3 Å². The predicted octanol–water partition coefficient (Wildman–Crippen LogP) is 6.71. The first kappa shape index (κ1) is 22.5. The standard InChI is InChI=1S/C26H20O8/c1-29-25(27)33-21-19-15-9-10-16-20(19)22(34-26(28)30-2)24(32-18-13-7-4-8-14-18)23(21)31-17-11-5-3-6-12-17/h3-16H,1-2H3. The Morgan fingerprint density at radius 1 is 0.500 bits per heavy atom. The lowest BCUT2D eigenvalue weighted by atomic mass is 10.1. The van der Waals surface area contributed by atoms with Crippen LogP contribution in [0.2, 0.25) is 0 Å². The lowest BCUT2D eigenvalue weighted by Gasteiger charge is -2.21. The summed E-state index contributed by atoms with van der Waals surface area (Å²) < 4.78 is 32.7. The lowest BCUT2D eigenvalue weighted by molar-refractivity contribution is 0.118. The molecule has 4 rings (SSSR count). The summed E-state index contributed by atoms with van der Waals surface area (Å²) >= 11 is 0. The van der Waals surface area contributed by atoms with Gasteiger partial charge in [-0.1, -0.05) is 60.7 Å². The molecule has 0 saturated carbocycles. The molecule has 0 aliphatic rings. The highest BCUT2D eigenvalue weighted by molar-refractivity contribution is 6.01. The van der Waals surface area contributed by atoms with Crippen molar-refractivity contribution in [3.8, 4) is 34.5 Å². The molecule has 0 aliphatic carbocycles. The zero-order valence-corrected chi connectivity index (χ0v) is 18.3. The number of ether oxygens (including phenoxy) is 6. The molecule has 0 spiro atoms. The van der Waals surface area contributed by atoms with Crippen molar-refractivity contribution in [1.29, 1.82) is 0 Å². The van der Waals surface area contributed by atoms with Crippen LogP contribution in [0.5, 0.6) is 34.5 Å². The van der Waals surface area contributed by atoms with Crippen LogP contribution in [0.25, 0.3) is 10.8 Å². The first-order valence-electron chi connectivity index (χ1n) is 10.2. The largest absolute Gasteiger partial charge is 0.513 e. The molecule has 8 nitrogen and oxygen atoms in total. The molecule has 0 amide bonds. The van der Waals surface area contributed by atoms with Crippen LogP contribution in [0.4, 0.5) is 9.59 Å². The van der Waals surface area contributed by atoms with Crippen LogP contribution >= 0.6 is 0 Å². The number of para-hydroxylation sites is 2. The van der Waals surface area contributed by atoms with Crippen LogP contribution in [-0.4, -0.2) is 26.5 Å². The summed E-state index contributed by atoms with van der Waals surface area (Å²) in [4.78, 5) is 24.3. The number of carbonyl (C=O) groups excluding carboxylic acids is 2. The Labute approximate surface area is 195 Å². The van der Waals surface area contributed by atoms with Crippen molar-refractivity contribution in [1.82, 2.24) is 0 Å². The van der Waals surface area contributed by atoms with Crippen LogP contribution in [0.1, 0.15) is 0 Å². The second-order valence-corrected chi connectivity index (χ2v) is 6.80. The van der Waals surface area contributed by atoms with Crippen molar-refractivity contribution in [3.05, 3.63) is 84.9 Å². The van der Waals surface area contributed by atoms with Crippen molar-refractivity contribution in [2.75, 3.05) is 14.2 Å². The number of hydrogen-bond donors (Lipinski definition) is 0. The Balaban J connectivity index is 2.03. The van der Waals surface area contributed by atoms with Gasteiger partial charge in [-0.3, -0.25) is 0 Å². The van der Waals surface area contributed by atoms with Crippen molar-refractivity contribution in [2.45, 2.75) is 0 Å². The topological polar surface area (TPSA) is 89.5 Å². The van der Waals surface area contributed by atoms with E-state index in [9.17, 15) is 9.59 Å². The van der Waals surface area contributed by atoms with E-state index in [1.807, 2.05) is 12.1 Å². The molecule has 4 aromatic carbocycles. The maximum atomic E-state index is 12.2. The van der Waals surface area contributed by atoms with E-state index in [4.69, 9.17) is 28.4 Å². The Kier molecular flexibility index (Phi) is 6.78. The van der Waals surface area contributed by atoms with E-state index in [-0.39, 0.29) is 23.0 Å². The smallest absolute Gasteiger partial charge is 0.449 e. The molecule has 8 heteroatoms. The second-order valence-electron chi connectivity index (χ2n) is 6.80. The second kappa shape index (κ2) is 10.3. The zero-order chi connectivity index (χ0) is 23.9. The van der Waals surface area contributed by atoms with E-state index >= 15 is 0 Å². The monoisotopic (exact) mass is 460 g/mol. The van der Waals surface area contributed by atoms with E-state index in [1.54, 1.807) is 72.8 Å². The quantitative estimate of drug-likeness (QED) is 0.232. The summed E-state index contributed by atoms with van der Waals surface area (Å²) in [5.41, 5.74) is 0. The molecule has 0 unspecified atom stereocenters. The maximum Gasteiger partial charge on any atom is 0.513 e. The van der Waals surface area contributed by atoms with Crippen molar-refractivity contribution < 1.29 is 38.0 Å². The molecule has 0 fully saturated rings. The summed E-state index contributed by atoms with van der Waals surface area (Å²) in [6, 6.07) is 24.4. The molecule has 0 saturated heterocycles. The minimum absolute atomic E-state index is 0.00180. The van der Waals surface area contributed by atoms with Crippen molar-refractivity contribution in [3.63, 3.8) is 0 Å². The predicted molar refractivity (Wildman–Crippen MR) is 123 cm³/mol. The van der Waals surface area contributed by atoms with Gasteiger partial charge in [0.2, 0.25) is 11.5 Å². The van der Waals surface area contributed by atoms with Gasteiger partial charge in [0.05, 0.1) is 14.2 Å². The van der Waals surface area contributed by atoms with E-state index in [0.717, 1.165) is 0 Å². The number of fused-ring (bicyclic) bond motifs is 1. The third kappa shape index (κ3) is 4.86. The Hall–Kier alpha value is -4.72. The fourth-order valence-electron chi connectivity index (χ4n) is 3.18. The van der Waals surface area contributed by atoms with Gasteiger partial charge in [0.1, 0.15) is 11.5 Å². The number of methoxy groups -OCH3 is 2. The van der Waals surface area contributed by atoms with Crippen LogP contribution in [0, 0.1) is 0 Å². The average Bonchev–Trinajstić information content (AvgIpc) is 2.88. The molecular formula is C26H20O8. The Morgan fingerprint density at radius 3 is 1.21 bits per heavy atom. The molecule has 0 aromatic heterocycles.